The summed E-state index contributed by atoms with van der Waals surface area (Å²) in [6.07, 6.45) is 4.71. The fourth-order valence-electron chi connectivity index (χ4n) is 3.32. The largest absolute Gasteiger partial charge is 0.493 e. The smallest absolute Gasteiger partial charge is 0.193 e. The van der Waals surface area contributed by atoms with Crippen LogP contribution in [0.5, 0.6) is 11.5 Å². The van der Waals surface area contributed by atoms with Crippen molar-refractivity contribution in [3.05, 3.63) is 51.5 Å². The fraction of sp³-hybridized carbons (Fsp3) is 0.350. The molecule has 0 radical (unpaired) electrons. The summed E-state index contributed by atoms with van der Waals surface area (Å²) in [6.45, 7) is 0.451. The highest BCUT2D eigenvalue weighted by Crippen LogP contribution is 2.36. The van der Waals surface area contributed by atoms with Gasteiger partial charge in [0.05, 0.1) is 25.2 Å². The van der Waals surface area contributed by atoms with Crippen LogP contribution in [0, 0.1) is 0 Å². The Morgan fingerprint density at radius 3 is 2.77 bits per heavy atom. The molecule has 0 bridgehead atoms. The monoisotopic (exact) mass is 417 g/mol. The molecule has 0 saturated heterocycles. The molecule has 26 heavy (non-hydrogen) atoms. The molecule has 0 aromatic heterocycles. The second-order valence-electron chi connectivity index (χ2n) is 6.29. The quantitative estimate of drug-likeness (QED) is 0.562. The van der Waals surface area contributed by atoms with Gasteiger partial charge in [-0.1, -0.05) is 12.1 Å². The number of fused-ring (bicyclic) bond motifs is 1. The molecule has 3 N–H and O–H groups in total. The first-order valence-electron chi connectivity index (χ1n) is 8.70. The molecule has 138 valence electrons. The van der Waals surface area contributed by atoms with Gasteiger partial charge in [-0.2, -0.15) is 0 Å². The number of hydrogen-bond acceptors (Lipinski definition) is 3. The van der Waals surface area contributed by atoms with E-state index in [9.17, 15) is 0 Å². The Hall–Kier alpha value is -2.21. The normalized spacial score (nSPS) is 13.9. The van der Waals surface area contributed by atoms with Crippen LogP contribution in [-0.2, 0) is 19.4 Å². The molecule has 1 aliphatic rings. The topological polar surface area (TPSA) is 68.9 Å². The van der Waals surface area contributed by atoms with Gasteiger partial charge in [0.15, 0.2) is 17.5 Å². The molecule has 1 aliphatic carbocycles. The molecule has 0 heterocycles. The molecular formula is C20H24BrN3O2. The minimum atomic E-state index is 0.412. The van der Waals surface area contributed by atoms with Crippen LogP contribution in [0.2, 0.25) is 0 Å². The van der Waals surface area contributed by atoms with Crippen molar-refractivity contribution in [1.82, 2.24) is 0 Å². The maximum absolute atomic E-state index is 6.12. The lowest BCUT2D eigenvalue weighted by Crippen LogP contribution is -2.24. The Labute approximate surface area is 162 Å². The van der Waals surface area contributed by atoms with Crippen LogP contribution in [0.1, 0.15) is 29.5 Å². The van der Waals surface area contributed by atoms with Crippen molar-refractivity contribution in [3.8, 4) is 11.5 Å². The van der Waals surface area contributed by atoms with E-state index >= 15 is 0 Å². The lowest BCUT2D eigenvalue weighted by molar-refractivity contribution is 0.352. The number of ether oxygens (including phenoxy) is 2. The third-order valence-electron chi connectivity index (χ3n) is 4.58. The summed E-state index contributed by atoms with van der Waals surface area (Å²) in [5, 5.41) is 3.27. The number of nitrogens with zero attached hydrogens (tertiary/aromatic N) is 1. The molecule has 2 aromatic carbocycles. The van der Waals surface area contributed by atoms with Crippen LogP contribution >= 0.6 is 15.9 Å². The Morgan fingerprint density at radius 1 is 1.19 bits per heavy atom. The van der Waals surface area contributed by atoms with Crippen molar-refractivity contribution in [2.24, 2.45) is 10.7 Å². The lowest BCUT2D eigenvalue weighted by atomic mass is 9.90. The van der Waals surface area contributed by atoms with Crippen LogP contribution in [-0.4, -0.2) is 20.2 Å². The fourth-order valence-corrected chi connectivity index (χ4v) is 3.97. The average molecular weight is 418 g/mol. The molecule has 0 amide bonds. The number of aryl methyl sites for hydroxylation is 1. The number of anilines is 1. The van der Waals surface area contributed by atoms with E-state index in [1.165, 1.54) is 24.0 Å². The predicted molar refractivity (Wildman–Crippen MR) is 109 cm³/mol. The standard InChI is InChI=1S/C20H24BrN3O2/c1-25-18-11-13(10-16(21)19(18)26-2)12-23-20(22)24-17-9-5-7-14-6-3-4-8-15(14)17/h5,7,9-11H,3-4,6,8,12H2,1-2H3,(H3,22,23,24). The third kappa shape index (κ3) is 4.12. The number of halogens is 1. The van der Waals surface area contributed by atoms with Gasteiger partial charge in [-0.3, -0.25) is 0 Å². The van der Waals surface area contributed by atoms with E-state index in [4.69, 9.17) is 15.2 Å². The van der Waals surface area contributed by atoms with Gasteiger partial charge < -0.3 is 20.5 Å². The number of hydrogen-bond donors (Lipinski definition) is 2. The zero-order chi connectivity index (χ0) is 18.5. The summed E-state index contributed by atoms with van der Waals surface area (Å²) in [5.41, 5.74) is 11.0. The van der Waals surface area contributed by atoms with E-state index in [2.05, 4.69) is 44.4 Å². The molecule has 0 unspecified atom stereocenters. The molecule has 0 atom stereocenters. The predicted octanol–water partition coefficient (Wildman–Crippen LogP) is 4.27. The Morgan fingerprint density at radius 2 is 2.00 bits per heavy atom. The SMILES string of the molecule is COc1cc(CN=C(N)Nc2cccc3c2CCCC3)cc(Br)c1OC. The lowest BCUT2D eigenvalue weighted by Gasteiger charge is -2.19. The number of guanidine groups is 1. The molecule has 0 aliphatic heterocycles. The third-order valence-corrected chi connectivity index (χ3v) is 5.17. The van der Waals surface area contributed by atoms with Crippen molar-refractivity contribution < 1.29 is 9.47 Å². The van der Waals surface area contributed by atoms with E-state index in [-0.39, 0.29) is 0 Å². The van der Waals surface area contributed by atoms with E-state index in [0.29, 0.717) is 24.0 Å². The first-order valence-corrected chi connectivity index (χ1v) is 9.49. The number of nitrogens with two attached hydrogens (primary N) is 1. The van der Waals surface area contributed by atoms with Gasteiger partial charge >= 0.3 is 0 Å². The maximum Gasteiger partial charge on any atom is 0.193 e. The second-order valence-corrected chi connectivity index (χ2v) is 7.14. The molecule has 3 rings (SSSR count). The van der Waals surface area contributed by atoms with Gasteiger partial charge in [0.2, 0.25) is 0 Å². The summed E-state index contributed by atoms with van der Waals surface area (Å²) in [4.78, 5) is 4.48. The minimum absolute atomic E-state index is 0.412. The van der Waals surface area contributed by atoms with Gasteiger partial charge in [0.1, 0.15) is 0 Å². The highest BCUT2D eigenvalue weighted by Gasteiger charge is 2.13. The van der Waals surface area contributed by atoms with Gasteiger partial charge in [-0.25, -0.2) is 4.99 Å². The first kappa shape index (κ1) is 18.6. The molecule has 5 nitrogen and oxygen atoms in total. The van der Waals surface area contributed by atoms with Crippen LogP contribution in [0.3, 0.4) is 0 Å². The minimum Gasteiger partial charge on any atom is -0.493 e. The van der Waals surface area contributed by atoms with Gasteiger partial charge in [-0.05, 0) is 76.5 Å². The van der Waals surface area contributed by atoms with Crippen molar-refractivity contribution in [2.75, 3.05) is 19.5 Å². The molecule has 0 saturated carbocycles. The van der Waals surface area contributed by atoms with Crippen molar-refractivity contribution in [2.45, 2.75) is 32.2 Å². The van der Waals surface area contributed by atoms with Gasteiger partial charge in [0.25, 0.3) is 0 Å². The van der Waals surface area contributed by atoms with Crippen molar-refractivity contribution >= 4 is 27.6 Å². The zero-order valence-electron chi connectivity index (χ0n) is 15.1. The Kier molecular flexibility index (Phi) is 6.04. The molecule has 0 fully saturated rings. The molecular weight excluding hydrogens is 394 g/mol. The summed E-state index contributed by atoms with van der Waals surface area (Å²) in [6, 6.07) is 10.2. The molecule has 2 aromatic rings. The number of nitrogens with one attached hydrogen (secondary N) is 1. The number of methoxy groups -OCH3 is 2. The number of aliphatic imine (C=N–C) groups is 1. The van der Waals surface area contributed by atoms with E-state index in [1.54, 1.807) is 14.2 Å². The number of rotatable bonds is 5. The van der Waals surface area contributed by atoms with Crippen molar-refractivity contribution in [3.63, 3.8) is 0 Å². The van der Waals surface area contributed by atoms with Gasteiger partial charge in [-0.15, -0.1) is 0 Å². The average Bonchev–Trinajstić information content (AvgIpc) is 2.66. The molecule has 6 heteroatoms. The zero-order valence-corrected chi connectivity index (χ0v) is 16.7. The van der Waals surface area contributed by atoms with E-state index in [1.807, 2.05) is 12.1 Å². The summed E-state index contributed by atoms with van der Waals surface area (Å²) >= 11 is 3.50. The Bertz CT molecular complexity index is 821. The van der Waals surface area contributed by atoms with E-state index in [0.717, 1.165) is 28.6 Å². The highest BCUT2D eigenvalue weighted by atomic mass is 79.9. The summed E-state index contributed by atoms with van der Waals surface area (Å²) in [7, 11) is 3.23. The Balaban J connectivity index is 1.74. The first-order chi connectivity index (χ1) is 12.6. The van der Waals surface area contributed by atoms with Crippen LogP contribution in [0.15, 0.2) is 39.8 Å². The summed E-state index contributed by atoms with van der Waals surface area (Å²) < 4.78 is 11.5. The molecule has 0 spiro atoms. The van der Waals surface area contributed by atoms with Crippen LogP contribution < -0.4 is 20.5 Å². The second kappa shape index (κ2) is 8.45. The number of benzene rings is 2. The summed E-state index contributed by atoms with van der Waals surface area (Å²) in [5.74, 6) is 1.74. The maximum atomic E-state index is 6.12. The van der Waals surface area contributed by atoms with Crippen molar-refractivity contribution in [1.29, 1.82) is 0 Å². The highest BCUT2D eigenvalue weighted by molar-refractivity contribution is 9.10. The van der Waals surface area contributed by atoms with Gasteiger partial charge in [0, 0.05) is 5.69 Å². The van der Waals surface area contributed by atoms with Crippen LogP contribution in [0.25, 0.3) is 0 Å². The van der Waals surface area contributed by atoms with Crippen LogP contribution in [0.4, 0.5) is 5.69 Å². The van der Waals surface area contributed by atoms with E-state index < -0.39 is 0 Å².